The standard InChI is InChI=1S/C22H15BrN2O2/c23-14-20(26)15-10-12-17(13-11-15)25-21(16-6-2-1-3-7-16)24-19-9-5-4-8-18(19)22(25)27/h1-13H,14H2. The molecular weight excluding hydrogens is 404 g/mol. The lowest BCUT2D eigenvalue weighted by atomic mass is 10.1. The van der Waals surface area contributed by atoms with E-state index in [1.54, 1.807) is 34.9 Å². The fraction of sp³-hybridized carbons (Fsp3) is 0.0455. The summed E-state index contributed by atoms with van der Waals surface area (Å²) in [5, 5.41) is 0.816. The summed E-state index contributed by atoms with van der Waals surface area (Å²) in [6, 6.07) is 23.9. The predicted molar refractivity (Wildman–Crippen MR) is 111 cm³/mol. The quantitative estimate of drug-likeness (QED) is 0.358. The largest absolute Gasteiger partial charge is 0.293 e. The Bertz CT molecular complexity index is 1180. The summed E-state index contributed by atoms with van der Waals surface area (Å²) in [6.45, 7) is 0. The minimum Gasteiger partial charge on any atom is -0.293 e. The van der Waals surface area contributed by atoms with Crippen LogP contribution in [0.15, 0.2) is 83.7 Å². The molecule has 3 aromatic carbocycles. The van der Waals surface area contributed by atoms with Gasteiger partial charge in [0.2, 0.25) is 0 Å². The van der Waals surface area contributed by atoms with Crippen LogP contribution in [0.3, 0.4) is 0 Å². The number of rotatable bonds is 4. The van der Waals surface area contributed by atoms with Crippen molar-refractivity contribution < 1.29 is 4.79 Å². The number of Topliss-reactive ketones (excluding diaryl/α,β-unsaturated/α-hetero) is 1. The van der Waals surface area contributed by atoms with Crippen LogP contribution in [-0.2, 0) is 0 Å². The number of para-hydroxylation sites is 1. The number of nitrogens with zero attached hydrogens (tertiary/aromatic N) is 2. The van der Waals surface area contributed by atoms with Crippen molar-refractivity contribution in [2.75, 3.05) is 5.33 Å². The zero-order valence-corrected chi connectivity index (χ0v) is 15.9. The lowest BCUT2D eigenvalue weighted by Gasteiger charge is -2.14. The van der Waals surface area contributed by atoms with Gasteiger partial charge in [0.15, 0.2) is 5.78 Å². The maximum atomic E-state index is 13.2. The van der Waals surface area contributed by atoms with E-state index >= 15 is 0 Å². The Morgan fingerprint density at radius 2 is 1.56 bits per heavy atom. The average Bonchev–Trinajstić information content (AvgIpc) is 2.74. The molecule has 27 heavy (non-hydrogen) atoms. The first-order valence-corrected chi connectivity index (χ1v) is 9.58. The van der Waals surface area contributed by atoms with Gasteiger partial charge in [-0.25, -0.2) is 4.98 Å². The lowest BCUT2D eigenvalue weighted by molar-refractivity contribution is 0.102. The molecular formula is C22H15BrN2O2. The highest BCUT2D eigenvalue weighted by atomic mass is 79.9. The second kappa shape index (κ2) is 7.29. The summed E-state index contributed by atoms with van der Waals surface area (Å²) in [5.41, 5.74) is 2.63. The summed E-state index contributed by atoms with van der Waals surface area (Å²) in [5.74, 6) is 0.563. The molecule has 0 unspecified atom stereocenters. The van der Waals surface area contributed by atoms with E-state index in [4.69, 9.17) is 4.98 Å². The fourth-order valence-electron chi connectivity index (χ4n) is 3.03. The van der Waals surface area contributed by atoms with Crippen LogP contribution in [-0.4, -0.2) is 20.7 Å². The van der Waals surface area contributed by atoms with Crippen LogP contribution in [0.5, 0.6) is 0 Å². The van der Waals surface area contributed by atoms with Gasteiger partial charge in [-0.15, -0.1) is 0 Å². The van der Waals surface area contributed by atoms with Crippen molar-refractivity contribution in [3.05, 3.63) is 94.8 Å². The van der Waals surface area contributed by atoms with Crippen molar-refractivity contribution in [2.24, 2.45) is 0 Å². The minimum atomic E-state index is -0.140. The first-order valence-electron chi connectivity index (χ1n) is 8.46. The molecule has 4 aromatic rings. The van der Waals surface area contributed by atoms with Gasteiger partial charge >= 0.3 is 0 Å². The van der Waals surface area contributed by atoms with Gasteiger partial charge < -0.3 is 0 Å². The third-order valence-electron chi connectivity index (χ3n) is 4.38. The Morgan fingerprint density at radius 1 is 0.889 bits per heavy atom. The maximum absolute atomic E-state index is 13.2. The highest BCUT2D eigenvalue weighted by Crippen LogP contribution is 2.22. The molecule has 0 amide bonds. The average molecular weight is 419 g/mol. The molecule has 0 saturated carbocycles. The zero-order chi connectivity index (χ0) is 18.8. The number of carbonyl (C=O) groups is 1. The highest BCUT2D eigenvalue weighted by molar-refractivity contribution is 9.09. The van der Waals surface area contributed by atoms with Gasteiger partial charge in [0.1, 0.15) is 5.82 Å². The third kappa shape index (κ3) is 3.22. The smallest absolute Gasteiger partial charge is 0.266 e. The SMILES string of the molecule is O=C(CBr)c1ccc(-n2c(-c3ccccc3)nc3ccccc3c2=O)cc1. The van der Waals surface area contributed by atoms with Gasteiger partial charge in [-0.3, -0.25) is 14.2 Å². The van der Waals surface area contributed by atoms with E-state index in [-0.39, 0.29) is 16.7 Å². The number of alkyl halides is 1. The number of benzene rings is 3. The van der Waals surface area contributed by atoms with E-state index in [0.29, 0.717) is 28.0 Å². The van der Waals surface area contributed by atoms with E-state index in [1.165, 1.54) is 0 Å². The lowest BCUT2D eigenvalue weighted by Crippen LogP contribution is -2.22. The van der Waals surface area contributed by atoms with E-state index in [2.05, 4.69) is 15.9 Å². The molecule has 5 heteroatoms. The third-order valence-corrected chi connectivity index (χ3v) is 4.89. The van der Waals surface area contributed by atoms with Crippen molar-refractivity contribution >= 4 is 32.6 Å². The van der Waals surface area contributed by atoms with Gasteiger partial charge in [0.25, 0.3) is 5.56 Å². The molecule has 1 aromatic heterocycles. The zero-order valence-electron chi connectivity index (χ0n) is 14.3. The molecule has 0 saturated heterocycles. The van der Waals surface area contributed by atoms with E-state index in [1.807, 2.05) is 48.5 Å². The van der Waals surface area contributed by atoms with Crippen LogP contribution < -0.4 is 5.56 Å². The monoisotopic (exact) mass is 418 g/mol. The first-order chi connectivity index (χ1) is 13.2. The van der Waals surface area contributed by atoms with Crippen molar-refractivity contribution in [2.45, 2.75) is 0 Å². The Morgan fingerprint density at radius 3 is 2.26 bits per heavy atom. The molecule has 0 N–H and O–H groups in total. The number of hydrogen-bond donors (Lipinski definition) is 0. The molecule has 4 rings (SSSR count). The Labute approximate surface area is 164 Å². The van der Waals surface area contributed by atoms with Gasteiger partial charge in [-0.05, 0) is 36.4 Å². The van der Waals surface area contributed by atoms with Gasteiger partial charge in [-0.1, -0.05) is 58.4 Å². The molecule has 0 aliphatic heterocycles. The summed E-state index contributed by atoms with van der Waals surface area (Å²) in [7, 11) is 0. The van der Waals surface area contributed by atoms with Crippen LogP contribution in [0.1, 0.15) is 10.4 Å². The molecule has 132 valence electrons. The minimum absolute atomic E-state index is 0.00573. The second-order valence-corrected chi connectivity index (χ2v) is 6.62. The Hall–Kier alpha value is -3.05. The molecule has 0 spiro atoms. The van der Waals surface area contributed by atoms with Crippen LogP contribution in [0, 0.1) is 0 Å². The number of carbonyl (C=O) groups excluding carboxylic acids is 1. The number of hydrogen-bond acceptors (Lipinski definition) is 3. The number of aromatic nitrogens is 2. The summed E-state index contributed by atoms with van der Waals surface area (Å²) in [6.07, 6.45) is 0. The number of ketones is 1. The first kappa shape index (κ1) is 17.4. The molecule has 1 heterocycles. The van der Waals surface area contributed by atoms with Crippen molar-refractivity contribution in [1.29, 1.82) is 0 Å². The molecule has 0 radical (unpaired) electrons. The summed E-state index contributed by atoms with van der Waals surface area (Å²) in [4.78, 5) is 29.9. The van der Waals surface area contributed by atoms with Gasteiger partial charge in [0.05, 0.1) is 21.9 Å². The van der Waals surface area contributed by atoms with Crippen molar-refractivity contribution in [1.82, 2.24) is 9.55 Å². The summed E-state index contributed by atoms with van der Waals surface area (Å²) < 4.78 is 1.60. The molecule has 0 aliphatic rings. The molecule has 0 aliphatic carbocycles. The van der Waals surface area contributed by atoms with Crippen LogP contribution in [0.25, 0.3) is 28.0 Å². The second-order valence-electron chi connectivity index (χ2n) is 6.06. The predicted octanol–water partition coefficient (Wildman–Crippen LogP) is 4.63. The van der Waals surface area contributed by atoms with E-state index in [9.17, 15) is 9.59 Å². The highest BCUT2D eigenvalue weighted by Gasteiger charge is 2.14. The Kier molecular flexibility index (Phi) is 4.69. The van der Waals surface area contributed by atoms with E-state index < -0.39 is 0 Å². The van der Waals surface area contributed by atoms with Gasteiger partial charge in [0, 0.05) is 11.1 Å². The van der Waals surface area contributed by atoms with Crippen LogP contribution in [0.4, 0.5) is 0 Å². The number of halogens is 1. The number of fused-ring (bicyclic) bond motifs is 1. The molecule has 0 atom stereocenters. The van der Waals surface area contributed by atoms with Gasteiger partial charge in [-0.2, -0.15) is 0 Å². The molecule has 0 bridgehead atoms. The van der Waals surface area contributed by atoms with Crippen molar-refractivity contribution in [3.63, 3.8) is 0 Å². The van der Waals surface area contributed by atoms with Crippen molar-refractivity contribution in [3.8, 4) is 17.1 Å². The molecule has 4 nitrogen and oxygen atoms in total. The van der Waals surface area contributed by atoms with Crippen LogP contribution in [0.2, 0.25) is 0 Å². The maximum Gasteiger partial charge on any atom is 0.266 e. The topological polar surface area (TPSA) is 52.0 Å². The van der Waals surface area contributed by atoms with Crippen LogP contribution >= 0.6 is 15.9 Å². The Balaban J connectivity index is 1.99. The fourth-order valence-corrected chi connectivity index (χ4v) is 3.35. The molecule has 0 fully saturated rings. The summed E-state index contributed by atoms with van der Waals surface area (Å²) >= 11 is 3.18. The normalized spacial score (nSPS) is 10.9. The van der Waals surface area contributed by atoms with E-state index in [0.717, 1.165) is 5.56 Å².